The van der Waals surface area contributed by atoms with E-state index in [4.69, 9.17) is 4.74 Å². The lowest BCUT2D eigenvalue weighted by molar-refractivity contribution is 0.292. The van der Waals surface area contributed by atoms with Crippen molar-refractivity contribution < 1.29 is 4.74 Å². The summed E-state index contributed by atoms with van der Waals surface area (Å²) in [6.07, 6.45) is 4.41. The first-order valence-corrected chi connectivity index (χ1v) is 6.03. The average Bonchev–Trinajstić information content (AvgIpc) is 2.81. The summed E-state index contributed by atoms with van der Waals surface area (Å²) < 4.78 is 7.11. The Morgan fingerprint density at radius 2 is 2.05 bits per heavy atom. The highest BCUT2D eigenvalue weighted by Gasteiger charge is 2.07. The van der Waals surface area contributed by atoms with Crippen LogP contribution in [0.15, 0.2) is 12.4 Å². The van der Waals surface area contributed by atoms with Crippen molar-refractivity contribution in [2.75, 3.05) is 24.3 Å². The molecule has 19 heavy (non-hydrogen) atoms. The second kappa shape index (κ2) is 5.98. The molecule has 0 saturated carbocycles. The van der Waals surface area contributed by atoms with E-state index in [0.717, 1.165) is 12.1 Å². The number of aryl methyl sites for hydroxylation is 1. The Hall–Kier alpha value is -2.38. The third-order valence-corrected chi connectivity index (χ3v) is 2.23. The number of nitrogens with zero attached hydrogens (tertiary/aromatic N) is 5. The van der Waals surface area contributed by atoms with Gasteiger partial charge in [-0.05, 0) is 6.42 Å². The fraction of sp³-hybridized carbons (Fsp3) is 0.455. The van der Waals surface area contributed by atoms with E-state index in [1.54, 1.807) is 17.9 Å². The summed E-state index contributed by atoms with van der Waals surface area (Å²) in [6, 6.07) is 0.299. The third-order valence-electron chi connectivity index (χ3n) is 2.23. The topological polar surface area (TPSA) is 89.8 Å². The van der Waals surface area contributed by atoms with E-state index >= 15 is 0 Å². The Morgan fingerprint density at radius 1 is 1.26 bits per heavy atom. The predicted octanol–water partition coefficient (Wildman–Crippen LogP) is 1.18. The van der Waals surface area contributed by atoms with Crippen LogP contribution < -0.4 is 15.4 Å². The first-order valence-electron chi connectivity index (χ1n) is 6.03. The number of aromatic nitrogens is 5. The van der Waals surface area contributed by atoms with Crippen molar-refractivity contribution in [1.29, 1.82) is 0 Å². The van der Waals surface area contributed by atoms with Crippen molar-refractivity contribution in [3.05, 3.63) is 12.4 Å². The zero-order chi connectivity index (χ0) is 13.7. The van der Waals surface area contributed by atoms with Crippen LogP contribution in [0.5, 0.6) is 6.01 Å². The van der Waals surface area contributed by atoms with Gasteiger partial charge in [-0.3, -0.25) is 4.68 Å². The molecule has 0 unspecified atom stereocenters. The van der Waals surface area contributed by atoms with Crippen molar-refractivity contribution in [3.63, 3.8) is 0 Å². The van der Waals surface area contributed by atoms with E-state index in [0.29, 0.717) is 24.5 Å². The molecule has 0 aliphatic rings. The minimum absolute atomic E-state index is 0.299. The number of hydrogen-bond donors (Lipinski definition) is 2. The molecule has 0 aliphatic heterocycles. The fourth-order valence-electron chi connectivity index (χ4n) is 1.40. The van der Waals surface area contributed by atoms with Crippen LogP contribution in [0.25, 0.3) is 0 Å². The largest absolute Gasteiger partial charge is 0.463 e. The van der Waals surface area contributed by atoms with Gasteiger partial charge in [-0.2, -0.15) is 20.1 Å². The molecule has 0 spiro atoms. The Labute approximate surface area is 111 Å². The van der Waals surface area contributed by atoms with Gasteiger partial charge < -0.3 is 15.4 Å². The Bertz CT molecular complexity index is 540. The van der Waals surface area contributed by atoms with Crippen LogP contribution in [0.3, 0.4) is 0 Å². The quantitative estimate of drug-likeness (QED) is 0.808. The van der Waals surface area contributed by atoms with Gasteiger partial charge in [-0.1, -0.05) is 6.92 Å². The van der Waals surface area contributed by atoms with Gasteiger partial charge in [0.25, 0.3) is 0 Å². The highest BCUT2D eigenvalue weighted by Crippen LogP contribution is 2.15. The zero-order valence-electron chi connectivity index (χ0n) is 11.2. The van der Waals surface area contributed by atoms with Gasteiger partial charge in [0, 0.05) is 20.3 Å². The van der Waals surface area contributed by atoms with Gasteiger partial charge in [-0.15, -0.1) is 0 Å². The lowest BCUT2D eigenvalue weighted by Gasteiger charge is -2.07. The van der Waals surface area contributed by atoms with Crippen molar-refractivity contribution >= 4 is 17.6 Å². The van der Waals surface area contributed by atoms with Crippen LogP contribution in [0.4, 0.5) is 17.6 Å². The maximum Gasteiger partial charge on any atom is 0.323 e. The number of rotatable bonds is 6. The number of ether oxygens (including phenoxy) is 1. The minimum Gasteiger partial charge on any atom is -0.463 e. The second-order valence-corrected chi connectivity index (χ2v) is 3.89. The smallest absolute Gasteiger partial charge is 0.323 e. The maximum atomic E-state index is 5.42. The Morgan fingerprint density at radius 3 is 2.68 bits per heavy atom. The number of anilines is 3. The van der Waals surface area contributed by atoms with Crippen LogP contribution in [-0.2, 0) is 7.05 Å². The molecule has 0 atom stereocenters. The lowest BCUT2D eigenvalue weighted by atomic mass is 10.5. The van der Waals surface area contributed by atoms with Crippen LogP contribution in [-0.4, -0.2) is 38.4 Å². The Balaban J connectivity index is 2.18. The van der Waals surface area contributed by atoms with Crippen LogP contribution >= 0.6 is 0 Å². The normalized spacial score (nSPS) is 10.3. The molecule has 0 radical (unpaired) electrons. The molecule has 0 saturated heterocycles. The number of nitrogens with one attached hydrogen (secondary N) is 2. The molecular formula is C11H17N7O. The fourth-order valence-corrected chi connectivity index (χ4v) is 1.40. The van der Waals surface area contributed by atoms with Gasteiger partial charge in [0.2, 0.25) is 11.9 Å². The SMILES string of the molecule is CCCOc1nc(NC)nc(Nc2cnn(C)c2)n1. The summed E-state index contributed by atoms with van der Waals surface area (Å²) >= 11 is 0. The monoisotopic (exact) mass is 263 g/mol. The minimum atomic E-state index is 0.299. The van der Waals surface area contributed by atoms with Gasteiger partial charge in [-0.25, -0.2) is 0 Å². The molecule has 2 heterocycles. The van der Waals surface area contributed by atoms with Crippen LogP contribution in [0, 0.1) is 0 Å². The van der Waals surface area contributed by atoms with Gasteiger partial charge >= 0.3 is 6.01 Å². The molecular weight excluding hydrogens is 246 g/mol. The molecule has 0 bridgehead atoms. The first-order chi connectivity index (χ1) is 9.21. The molecule has 8 nitrogen and oxygen atoms in total. The average molecular weight is 263 g/mol. The summed E-state index contributed by atoms with van der Waals surface area (Å²) in [5, 5.41) is 9.99. The molecule has 8 heteroatoms. The maximum absolute atomic E-state index is 5.42. The first kappa shape index (κ1) is 13.1. The van der Waals surface area contributed by atoms with Crippen LogP contribution in [0.1, 0.15) is 13.3 Å². The molecule has 2 N–H and O–H groups in total. The molecule has 0 amide bonds. The van der Waals surface area contributed by atoms with Gasteiger partial charge in [0.1, 0.15) is 0 Å². The summed E-state index contributed by atoms with van der Waals surface area (Å²) in [5.74, 6) is 0.867. The highest BCUT2D eigenvalue weighted by atomic mass is 16.5. The van der Waals surface area contributed by atoms with E-state index in [-0.39, 0.29) is 0 Å². The molecule has 2 aromatic heterocycles. The summed E-state index contributed by atoms with van der Waals surface area (Å²) in [7, 11) is 3.58. The molecule has 0 aromatic carbocycles. The van der Waals surface area contributed by atoms with Gasteiger partial charge in [0.15, 0.2) is 0 Å². The van der Waals surface area contributed by atoms with E-state index in [1.807, 2.05) is 20.2 Å². The lowest BCUT2D eigenvalue weighted by Crippen LogP contribution is -2.07. The number of hydrogen-bond acceptors (Lipinski definition) is 7. The van der Waals surface area contributed by atoms with E-state index < -0.39 is 0 Å². The molecule has 2 aromatic rings. The van der Waals surface area contributed by atoms with Crippen LogP contribution in [0.2, 0.25) is 0 Å². The molecule has 0 aliphatic carbocycles. The third kappa shape index (κ3) is 3.54. The summed E-state index contributed by atoms with van der Waals surface area (Å²) in [6.45, 7) is 2.59. The van der Waals surface area contributed by atoms with Crippen molar-refractivity contribution in [3.8, 4) is 6.01 Å². The standard InChI is InChI=1S/C11H17N7O/c1-4-5-19-11-16-9(12-2)15-10(17-11)14-8-6-13-18(3)7-8/h6-7H,4-5H2,1-3H3,(H2,12,14,15,16,17). The van der Waals surface area contributed by atoms with Crippen molar-refractivity contribution in [2.45, 2.75) is 13.3 Å². The van der Waals surface area contributed by atoms with E-state index in [9.17, 15) is 0 Å². The zero-order valence-corrected chi connectivity index (χ0v) is 11.2. The Kier molecular flexibility index (Phi) is 4.11. The second-order valence-electron chi connectivity index (χ2n) is 3.89. The molecule has 102 valence electrons. The summed E-state index contributed by atoms with van der Waals surface area (Å²) in [4.78, 5) is 12.5. The van der Waals surface area contributed by atoms with E-state index in [1.165, 1.54) is 0 Å². The van der Waals surface area contributed by atoms with E-state index in [2.05, 4.69) is 30.7 Å². The molecule has 0 fully saturated rings. The molecule has 2 rings (SSSR count). The van der Waals surface area contributed by atoms with Gasteiger partial charge in [0.05, 0.1) is 18.5 Å². The summed E-state index contributed by atoms with van der Waals surface area (Å²) in [5.41, 5.74) is 0.803. The predicted molar refractivity (Wildman–Crippen MR) is 71.7 cm³/mol. The highest BCUT2D eigenvalue weighted by molar-refractivity contribution is 5.51. The van der Waals surface area contributed by atoms with Crippen molar-refractivity contribution in [2.24, 2.45) is 7.05 Å². The van der Waals surface area contributed by atoms with Crippen molar-refractivity contribution in [1.82, 2.24) is 24.7 Å².